The van der Waals surface area contributed by atoms with Crippen LogP contribution in [0.3, 0.4) is 0 Å². The zero-order chi connectivity index (χ0) is 21.4. The van der Waals surface area contributed by atoms with Gasteiger partial charge in [0, 0.05) is 48.6 Å². The zero-order valence-corrected chi connectivity index (χ0v) is 18.3. The van der Waals surface area contributed by atoms with Crippen molar-refractivity contribution in [1.82, 2.24) is 25.3 Å². The van der Waals surface area contributed by atoms with E-state index in [0.717, 1.165) is 42.0 Å². The molecule has 7 nitrogen and oxygen atoms in total. The minimum Gasteiger partial charge on any atom is -0.507 e. The summed E-state index contributed by atoms with van der Waals surface area (Å²) in [7, 11) is 3.96. The van der Waals surface area contributed by atoms with Gasteiger partial charge in [-0.1, -0.05) is 18.9 Å². The maximum absolute atomic E-state index is 10.7. The molecule has 0 bridgehead atoms. The number of hydrogen-bond donors (Lipinski definition) is 2. The van der Waals surface area contributed by atoms with Crippen molar-refractivity contribution >= 4 is 5.82 Å². The number of benzene rings is 1. The van der Waals surface area contributed by atoms with Crippen molar-refractivity contribution in [3.8, 4) is 28.1 Å². The molecule has 2 aliphatic rings. The fraction of sp³-hybridized carbons (Fsp3) is 0.458. The number of phenols is 1. The van der Waals surface area contributed by atoms with E-state index in [9.17, 15) is 5.11 Å². The number of rotatable bonds is 4. The molecule has 2 atom stereocenters. The first-order valence-corrected chi connectivity index (χ1v) is 11.3. The van der Waals surface area contributed by atoms with Crippen molar-refractivity contribution in [3.63, 3.8) is 0 Å². The average molecular weight is 419 g/mol. The van der Waals surface area contributed by atoms with E-state index in [1.54, 1.807) is 16.9 Å². The Morgan fingerprint density at radius 2 is 1.97 bits per heavy atom. The maximum Gasteiger partial charge on any atom is 0.154 e. The van der Waals surface area contributed by atoms with Gasteiger partial charge in [0.15, 0.2) is 5.82 Å². The Hall–Kier alpha value is -2.93. The van der Waals surface area contributed by atoms with E-state index in [4.69, 9.17) is 0 Å². The smallest absolute Gasteiger partial charge is 0.154 e. The van der Waals surface area contributed by atoms with Gasteiger partial charge in [0.25, 0.3) is 0 Å². The van der Waals surface area contributed by atoms with Crippen molar-refractivity contribution in [3.05, 3.63) is 42.2 Å². The first-order chi connectivity index (χ1) is 15.1. The molecule has 3 heterocycles. The van der Waals surface area contributed by atoms with Gasteiger partial charge in [-0.3, -0.25) is 4.68 Å². The highest BCUT2D eigenvalue weighted by Crippen LogP contribution is 2.36. The molecule has 1 fully saturated rings. The molecule has 0 saturated heterocycles. The van der Waals surface area contributed by atoms with Gasteiger partial charge in [0.2, 0.25) is 0 Å². The van der Waals surface area contributed by atoms with Crippen LogP contribution in [0.4, 0.5) is 5.82 Å². The lowest BCUT2D eigenvalue weighted by Crippen LogP contribution is -2.39. The Morgan fingerprint density at radius 1 is 1.10 bits per heavy atom. The molecule has 1 aromatic carbocycles. The van der Waals surface area contributed by atoms with E-state index < -0.39 is 0 Å². The predicted molar refractivity (Wildman–Crippen MR) is 122 cm³/mol. The molecule has 1 saturated carbocycles. The molecule has 162 valence electrons. The van der Waals surface area contributed by atoms with Gasteiger partial charge >= 0.3 is 0 Å². The van der Waals surface area contributed by atoms with Gasteiger partial charge < -0.3 is 15.3 Å². The SMILES string of the molecule is CN[C@H]1CCCC[C@@H](N2CCc3cc(-c4ccc(-c5cnn(C)c5)cc4O)nnc32)C1. The molecule has 0 radical (unpaired) electrons. The molecule has 0 spiro atoms. The van der Waals surface area contributed by atoms with E-state index in [0.29, 0.717) is 17.6 Å². The van der Waals surface area contributed by atoms with Crippen LogP contribution in [0.25, 0.3) is 22.4 Å². The highest BCUT2D eigenvalue weighted by Gasteiger charge is 2.31. The Balaban J connectivity index is 1.40. The third-order valence-electron chi connectivity index (χ3n) is 6.80. The van der Waals surface area contributed by atoms with Gasteiger partial charge in [-0.05, 0) is 56.5 Å². The van der Waals surface area contributed by atoms with Crippen LogP contribution in [0.15, 0.2) is 36.7 Å². The van der Waals surface area contributed by atoms with Crippen LogP contribution in [0.2, 0.25) is 0 Å². The summed E-state index contributed by atoms with van der Waals surface area (Å²) in [6.45, 7) is 1.00. The third-order valence-corrected chi connectivity index (χ3v) is 6.80. The number of aryl methyl sites for hydroxylation is 1. The van der Waals surface area contributed by atoms with E-state index in [1.807, 2.05) is 25.4 Å². The summed E-state index contributed by atoms with van der Waals surface area (Å²) >= 11 is 0. The van der Waals surface area contributed by atoms with Crippen LogP contribution < -0.4 is 10.2 Å². The number of nitrogens with one attached hydrogen (secondary N) is 1. The molecule has 1 aliphatic carbocycles. The quantitative estimate of drug-likeness (QED) is 0.631. The van der Waals surface area contributed by atoms with E-state index >= 15 is 0 Å². The lowest BCUT2D eigenvalue weighted by molar-refractivity contribution is 0.451. The monoisotopic (exact) mass is 418 g/mol. The summed E-state index contributed by atoms with van der Waals surface area (Å²) in [5, 5.41) is 27.5. The normalized spacial score (nSPS) is 21.2. The van der Waals surface area contributed by atoms with Crippen molar-refractivity contribution in [1.29, 1.82) is 0 Å². The molecule has 7 heteroatoms. The summed E-state index contributed by atoms with van der Waals surface area (Å²) in [5.74, 6) is 1.24. The van der Waals surface area contributed by atoms with E-state index in [-0.39, 0.29) is 5.75 Å². The summed E-state index contributed by atoms with van der Waals surface area (Å²) in [6, 6.07) is 8.90. The van der Waals surface area contributed by atoms with Crippen LogP contribution in [0.5, 0.6) is 5.75 Å². The van der Waals surface area contributed by atoms with Crippen molar-refractivity contribution < 1.29 is 5.11 Å². The average Bonchev–Trinajstić information content (AvgIpc) is 3.32. The summed E-state index contributed by atoms with van der Waals surface area (Å²) in [6.07, 6.45) is 10.9. The van der Waals surface area contributed by atoms with Crippen LogP contribution in [0.1, 0.15) is 37.7 Å². The van der Waals surface area contributed by atoms with Gasteiger partial charge in [-0.25, -0.2) is 0 Å². The molecular formula is C24H30N6O. The Labute approximate surface area is 183 Å². The molecular weight excluding hydrogens is 388 g/mol. The molecule has 2 aromatic heterocycles. The molecule has 3 aromatic rings. The minimum absolute atomic E-state index is 0.214. The predicted octanol–water partition coefficient (Wildman–Crippen LogP) is 3.53. The molecule has 2 N–H and O–H groups in total. The molecule has 5 rings (SSSR count). The first kappa shape index (κ1) is 20.0. The van der Waals surface area contributed by atoms with Crippen LogP contribution in [0, 0.1) is 0 Å². The second kappa shape index (κ2) is 8.30. The minimum atomic E-state index is 0.214. The van der Waals surface area contributed by atoms with Crippen LogP contribution in [-0.4, -0.2) is 50.8 Å². The number of anilines is 1. The Bertz CT molecular complexity index is 1080. The summed E-state index contributed by atoms with van der Waals surface area (Å²) in [5.41, 5.74) is 4.58. The molecule has 0 unspecified atom stereocenters. The lowest BCUT2D eigenvalue weighted by atomic mass is 10.0. The standard InChI is InChI=1S/C24H30N6O/c1-25-19-5-3-4-6-20(13-19)30-10-9-17-11-22(27-28-24(17)30)21-8-7-16(12-23(21)31)18-14-26-29(2)15-18/h7-8,11-12,14-15,19-20,25,31H,3-6,9-10,13H2,1-2H3/t19-,20+/m0/s1. The third kappa shape index (κ3) is 3.90. The van der Waals surface area contributed by atoms with Gasteiger partial charge in [-0.15, -0.1) is 10.2 Å². The number of nitrogens with zero attached hydrogens (tertiary/aromatic N) is 5. The summed E-state index contributed by atoms with van der Waals surface area (Å²) in [4.78, 5) is 2.47. The van der Waals surface area contributed by atoms with E-state index in [1.165, 1.54) is 31.2 Å². The lowest BCUT2D eigenvalue weighted by Gasteiger charge is -2.30. The van der Waals surface area contributed by atoms with Crippen molar-refractivity contribution in [2.45, 2.75) is 50.6 Å². The number of fused-ring (bicyclic) bond motifs is 1. The van der Waals surface area contributed by atoms with Gasteiger partial charge in [0.05, 0.1) is 11.9 Å². The van der Waals surface area contributed by atoms with Crippen molar-refractivity contribution in [2.75, 3.05) is 18.5 Å². The first-order valence-electron chi connectivity index (χ1n) is 11.3. The van der Waals surface area contributed by atoms with Gasteiger partial charge in [0.1, 0.15) is 5.75 Å². The number of hydrogen-bond acceptors (Lipinski definition) is 6. The number of aromatic hydroxyl groups is 1. The molecule has 1 aliphatic heterocycles. The van der Waals surface area contributed by atoms with Crippen molar-refractivity contribution in [2.24, 2.45) is 7.05 Å². The fourth-order valence-corrected chi connectivity index (χ4v) is 5.06. The molecule has 0 amide bonds. The second-order valence-electron chi connectivity index (χ2n) is 8.82. The van der Waals surface area contributed by atoms with Crippen LogP contribution in [-0.2, 0) is 13.5 Å². The molecule has 31 heavy (non-hydrogen) atoms. The highest BCUT2D eigenvalue weighted by molar-refractivity contribution is 5.74. The fourth-order valence-electron chi connectivity index (χ4n) is 5.06. The largest absolute Gasteiger partial charge is 0.507 e. The topological polar surface area (TPSA) is 79.1 Å². The maximum atomic E-state index is 10.7. The zero-order valence-electron chi connectivity index (χ0n) is 18.3. The number of phenolic OH excluding ortho intramolecular Hbond substituents is 1. The Morgan fingerprint density at radius 3 is 2.74 bits per heavy atom. The second-order valence-corrected chi connectivity index (χ2v) is 8.82. The number of aromatic nitrogens is 4. The highest BCUT2D eigenvalue weighted by atomic mass is 16.3. The Kier molecular flexibility index (Phi) is 5.36. The van der Waals surface area contributed by atoms with Crippen LogP contribution >= 0.6 is 0 Å². The van der Waals surface area contributed by atoms with E-state index in [2.05, 4.69) is 38.6 Å². The summed E-state index contributed by atoms with van der Waals surface area (Å²) < 4.78 is 1.76. The van der Waals surface area contributed by atoms with Gasteiger partial charge in [-0.2, -0.15) is 5.10 Å².